The number of hydrogen-bond acceptors (Lipinski definition) is 4. The molecule has 2 aliphatic rings. The molecule has 0 N–H and O–H groups in total. The van der Waals surface area contributed by atoms with E-state index in [0.29, 0.717) is 13.2 Å². The Morgan fingerprint density at radius 2 is 2.09 bits per heavy atom. The first-order chi connectivity index (χ1) is 11.2. The zero-order valence-electron chi connectivity index (χ0n) is 13.2. The number of carbonyl (C=O) groups excluding carboxylic acids is 1. The maximum absolute atomic E-state index is 12.5. The molecule has 1 amide bonds. The molecule has 0 saturated carbocycles. The Hall–Kier alpha value is -2.06. The van der Waals surface area contributed by atoms with Gasteiger partial charge in [-0.2, -0.15) is 5.26 Å². The molecular formula is C18H22N2O3. The number of piperidine rings is 1. The van der Waals surface area contributed by atoms with Crippen LogP contribution in [0, 0.1) is 11.3 Å². The maximum atomic E-state index is 12.5. The quantitative estimate of drug-likeness (QED) is 0.840. The number of ether oxygens (including phenoxy) is 2. The summed E-state index contributed by atoms with van der Waals surface area (Å²) in [6.45, 7) is 1.45. The van der Waals surface area contributed by atoms with Crippen molar-refractivity contribution in [3.05, 3.63) is 35.9 Å². The standard InChI is InChI=1S/C18H22N2O3/c19-13-16-18(9-4-5-12-23-18)10-6-11-20(16)17(21)22-14-15-7-2-1-3-8-15/h1-3,7-8,16H,4-6,9-12,14H2. The highest BCUT2D eigenvalue weighted by molar-refractivity contribution is 5.69. The summed E-state index contributed by atoms with van der Waals surface area (Å²) in [5.41, 5.74) is 0.437. The zero-order valence-corrected chi connectivity index (χ0v) is 13.2. The van der Waals surface area contributed by atoms with E-state index in [1.165, 1.54) is 0 Å². The molecule has 5 nitrogen and oxygen atoms in total. The molecule has 23 heavy (non-hydrogen) atoms. The molecule has 3 rings (SSSR count). The van der Waals surface area contributed by atoms with Crippen molar-refractivity contribution in [1.29, 1.82) is 5.26 Å². The van der Waals surface area contributed by atoms with Crippen molar-refractivity contribution >= 4 is 6.09 Å². The van der Waals surface area contributed by atoms with E-state index in [4.69, 9.17) is 9.47 Å². The first-order valence-corrected chi connectivity index (χ1v) is 8.26. The third kappa shape index (κ3) is 3.32. The highest BCUT2D eigenvalue weighted by Gasteiger charge is 2.49. The van der Waals surface area contributed by atoms with Gasteiger partial charge < -0.3 is 9.47 Å². The lowest BCUT2D eigenvalue weighted by molar-refractivity contribution is -0.131. The van der Waals surface area contributed by atoms with Gasteiger partial charge in [-0.25, -0.2) is 4.79 Å². The van der Waals surface area contributed by atoms with Crippen molar-refractivity contribution in [3.8, 4) is 6.07 Å². The fourth-order valence-corrected chi connectivity index (χ4v) is 3.57. The second-order valence-electron chi connectivity index (χ2n) is 6.24. The molecule has 2 fully saturated rings. The fraction of sp³-hybridized carbons (Fsp3) is 0.556. The van der Waals surface area contributed by atoms with Gasteiger partial charge in [0.15, 0.2) is 6.04 Å². The summed E-state index contributed by atoms with van der Waals surface area (Å²) >= 11 is 0. The lowest BCUT2D eigenvalue weighted by Gasteiger charge is -2.47. The van der Waals surface area contributed by atoms with Crippen LogP contribution in [0.3, 0.4) is 0 Å². The molecule has 0 aliphatic carbocycles. The molecule has 1 aromatic rings. The van der Waals surface area contributed by atoms with Crippen molar-refractivity contribution in [2.75, 3.05) is 13.2 Å². The summed E-state index contributed by atoms with van der Waals surface area (Å²) in [4.78, 5) is 14.0. The molecule has 2 unspecified atom stereocenters. The molecule has 0 bridgehead atoms. The smallest absolute Gasteiger partial charge is 0.411 e. The highest BCUT2D eigenvalue weighted by atomic mass is 16.6. The van der Waals surface area contributed by atoms with Gasteiger partial charge >= 0.3 is 6.09 Å². The number of carbonyl (C=O) groups is 1. The van der Waals surface area contributed by atoms with E-state index >= 15 is 0 Å². The SMILES string of the molecule is N#CC1N(C(=O)OCc2ccccc2)CCCC12CCCCO2. The van der Waals surface area contributed by atoms with Gasteiger partial charge in [0.25, 0.3) is 0 Å². The van der Waals surface area contributed by atoms with Crippen LogP contribution in [0.4, 0.5) is 4.79 Å². The lowest BCUT2D eigenvalue weighted by atomic mass is 9.79. The van der Waals surface area contributed by atoms with Gasteiger partial charge in [0.1, 0.15) is 12.2 Å². The summed E-state index contributed by atoms with van der Waals surface area (Å²) in [5, 5.41) is 9.63. The molecule has 1 aromatic carbocycles. The summed E-state index contributed by atoms with van der Waals surface area (Å²) in [7, 11) is 0. The van der Waals surface area contributed by atoms with E-state index in [-0.39, 0.29) is 6.61 Å². The molecule has 5 heteroatoms. The Bertz CT molecular complexity index is 570. The number of nitriles is 1. The van der Waals surface area contributed by atoms with Crippen molar-refractivity contribution in [1.82, 2.24) is 4.90 Å². The number of rotatable bonds is 2. The van der Waals surface area contributed by atoms with E-state index in [2.05, 4.69) is 6.07 Å². The van der Waals surface area contributed by atoms with Gasteiger partial charge in [0.05, 0.1) is 6.07 Å². The van der Waals surface area contributed by atoms with E-state index < -0.39 is 17.7 Å². The van der Waals surface area contributed by atoms with Crippen LogP contribution in [0.2, 0.25) is 0 Å². The van der Waals surface area contributed by atoms with Gasteiger partial charge in [-0.15, -0.1) is 0 Å². The highest BCUT2D eigenvalue weighted by Crippen LogP contribution is 2.38. The van der Waals surface area contributed by atoms with Crippen LogP contribution in [0.1, 0.15) is 37.7 Å². The summed E-state index contributed by atoms with van der Waals surface area (Å²) in [6.07, 6.45) is 4.18. The second kappa shape index (κ2) is 7.01. The third-order valence-electron chi connectivity index (χ3n) is 4.75. The summed E-state index contributed by atoms with van der Waals surface area (Å²) < 4.78 is 11.4. The van der Waals surface area contributed by atoms with Crippen molar-refractivity contribution in [3.63, 3.8) is 0 Å². The minimum absolute atomic E-state index is 0.224. The molecule has 2 heterocycles. The summed E-state index contributed by atoms with van der Waals surface area (Å²) in [6, 6.07) is 11.3. The predicted octanol–water partition coefficient (Wildman–Crippen LogP) is 3.25. The van der Waals surface area contributed by atoms with Crippen LogP contribution in [-0.4, -0.2) is 35.8 Å². The zero-order chi connectivity index (χ0) is 16.1. The Labute approximate surface area is 136 Å². The predicted molar refractivity (Wildman–Crippen MR) is 84.5 cm³/mol. The molecule has 0 aromatic heterocycles. The Morgan fingerprint density at radius 3 is 2.78 bits per heavy atom. The van der Waals surface area contributed by atoms with Crippen LogP contribution < -0.4 is 0 Å². The van der Waals surface area contributed by atoms with Gasteiger partial charge in [-0.05, 0) is 37.7 Å². The van der Waals surface area contributed by atoms with E-state index in [1.807, 2.05) is 30.3 Å². The fourth-order valence-electron chi connectivity index (χ4n) is 3.57. The normalized spacial score (nSPS) is 27.4. The Balaban J connectivity index is 1.68. The Kier molecular flexibility index (Phi) is 4.82. The maximum Gasteiger partial charge on any atom is 0.411 e. The minimum Gasteiger partial charge on any atom is -0.445 e. The monoisotopic (exact) mass is 314 g/mol. The minimum atomic E-state index is -0.556. The molecule has 2 saturated heterocycles. The number of nitrogens with zero attached hydrogens (tertiary/aromatic N) is 2. The van der Waals surface area contributed by atoms with Crippen LogP contribution >= 0.6 is 0 Å². The van der Waals surface area contributed by atoms with Crippen molar-refractivity contribution in [2.45, 2.75) is 50.4 Å². The van der Waals surface area contributed by atoms with Gasteiger partial charge in [0.2, 0.25) is 0 Å². The number of amides is 1. The average molecular weight is 314 g/mol. The van der Waals surface area contributed by atoms with E-state index in [9.17, 15) is 10.1 Å². The second-order valence-corrected chi connectivity index (χ2v) is 6.24. The molecular weight excluding hydrogens is 292 g/mol. The lowest BCUT2D eigenvalue weighted by Crippen LogP contribution is -2.60. The van der Waals surface area contributed by atoms with Crippen molar-refractivity contribution in [2.24, 2.45) is 0 Å². The Morgan fingerprint density at radius 1 is 1.30 bits per heavy atom. The van der Waals surface area contributed by atoms with Gasteiger partial charge in [0, 0.05) is 13.2 Å². The van der Waals surface area contributed by atoms with Crippen LogP contribution in [-0.2, 0) is 16.1 Å². The molecule has 122 valence electrons. The molecule has 0 radical (unpaired) electrons. The molecule has 2 atom stereocenters. The van der Waals surface area contributed by atoms with Crippen molar-refractivity contribution < 1.29 is 14.3 Å². The molecule has 2 aliphatic heterocycles. The van der Waals surface area contributed by atoms with Crippen LogP contribution in [0.5, 0.6) is 0 Å². The molecule has 1 spiro atoms. The first-order valence-electron chi connectivity index (χ1n) is 8.26. The average Bonchev–Trinajstić information content (AvgIpc) is 2.61. The summed E-state index contributed by atoms with van der Waals surface area (Å²) in [5.74, 6) is 0. The van der Waals surface area contributed by atoms with E-state index in [0.717, 1.165) is 37.7 Å². The van der Waals surface area contributed by atoms with Gasteiger partial charge in [-0.1, -0.05) is 30.3 Å². The number of hydrogen-bond donors (Lipinski definition) is 0. The first kappa shape index (κ1) is 15.8. The third-order valence-corrected chi connectivity index (χ3v) is 4.75. The van der Waals surface area contributed by atoms with Gasteiger partial charge in [-0.3, -0.25) is 4.90 Å². The largest absolute Gasteiger partial charge is 0.445 e. The van der Waals surface area contributed by atoms with Crippen LogP contribution in [0.25, 0.3) is 0 Å². The van der Waals surface area contributed by atoms with Crippen LogP contribution in [0.15, 0.2) is 30.3 Å². The number of likely N-dealkylation sites (tertiary alicyclic amines) is 1. The topological polar surface area (TPSA) is 62.6 Å². The van der Waals surface area contributed by atoms with E-state index in [1.54, 1.807) is 4.90 Å². The number of benzene rings is 1.